The molecule has 0 spiro atoms. The molecule has 112 heavy (non-hydrogen) atoms. The molecule has 5 heteroatoms. The maximum atomic E-state index is 5.90. The second kappa shape index (κ2) is 152. The van der Waals surface area contributed by atoms with Crippen LogP contribution in [0.3, 0.4) is 0 Å². The molecule has 0 unspecified atom stereocenters. The molecule has 11 aromatic carbocycles. The molecule has 0 fully saturated rings. The number of ether oxygens (including phenoxy) is 1. The Bertz CT molecular complexity index is 1820. The van der Waals surface area contributed by atoms with Gasteiger partial charge in [-0.05, 0) is 44.7 Å². The molecule has 11 aromatic rings. The van der Waals surface area contributed by atoms with E-state index in [1.54, 1.807) is 14.2 Å². The van der Waals surface area contributed by atoms with E-state index in [9.17, 15) is 0 Å². The van der Waals surface area contributed by atoms with E-state index in [1.807, 2.05) is 567 Å². The van der Waals surface area contributed by atoms with Crippen LogP contribution in [0.15, 0.2) is 400 Å². The normalized spacial score (nSPS) is 7.71. The van der Waals surface area contributed by atoms with Crippen LogP contribution in [0.5, 0.6) is 0 Å². The largest absolute Gasteiger partial charge is 0.456 e. The summed E-state index contributed by atoms with van der Waals surface area (Å²) in [5.41, 5.74) is 0.500. The Labute approximate surface area is 708 Å². The monoisotopic (exact) mass is 1590 g/mol. The molecule has 0 saturated heterocycles. The van der Waals surface area contributed by atoms with E-state index in [0.717, 1.165) is 0 Å². The number of methoxy groups -OCH3 is 1. The van der Waals surface area contributed by atoms with Gasteiger partial charge in [-0.25, -0.2) is 0 Å². The number of hydrogen-bond donors (Lipinski definition) is 0. The topological polar surface area (TPSA) is 18.5 Å². The van der Waals surface area contributed by atoms with Gasteiger partial charge in [-0.2, -0.15) is 0 Å². The third kappa shape index (κ3) is 254. The zero-order chi connectivity index (χ0) is 90.1. The molecule has 0 aliphatic carbocycles. The second-order valence-corrected chi connectivity index (χ2v) is 38.7. The SMILES string of the molecule is CC.CC.CC.CC.CC.CC.CC.CC.CC.CC.CC.CC.CC(C)(C)C.COC.C[Si](C)(C)C.C[Si](C)(C)O[Si](C)(C)C.c1ccccc1.c1ccccc1.c1ccccc1.c1ccccc1.c1ccccc1.c1ccccc1.c1ccccc1.c1ccccc1.c1ccccc1.c1ccccc1.c1ccccc1. The van der Waals surface area contributed by atoms with E-state index in [2.05, 4.69) is 97.9 Å². The van der Waals surface area contributed by atoms with Crippen molar-refractivity contribution < 1.29 is 8.85 Å². The Hall–Kier alpha value is -8.01. The van der Waals surface area contributed by atoms with Crippen LogP contribution in [-0.4, -0.2) is 38.9 Å². The van der Waals surface area contributed by atoms with Crippen LogP contribution < -0.4 is 0 Å². The molecular weight excluding hydrogens is 1400 g/mol. The summed E-state index contributed by atoms with van der Waals surface area (Å²) < 4.78 is 10.2. The zero-order valence-electron chi connectivity index (χ0n) is 80.9. The highest BCUT2D eigenvalue weighted by Crippen LogP contribution is 2.12. The molecule has 11 rings (SSSR count). The minimum atomic E-state index is -1.23. The predicted octanol–water partition coefficient (Wildman–Crippen LogP) is 37.8. The van der Waals surface area contributed by atoms with Crippen molar-refractivity contribution in [3.8, 4) is 0 Å². The van der Waals surface area contributed by atoms with Crippen molar-refractivity contribution in [2.45, 2.75) is 259 Å². The zero-order valence-corrected chi connectivity index (χ0v) is 83.9. The average Bonchev–Trinajstić information content (AvgIpc) is 0.914. The lowest BCUT2D eigenvalue weighted by atomic mass is 10.0. The van der Waals surface area contributed by atoms with Crippen LogP contribution >= 0.6 is 0 Å². The van der Waals surface area contributed by atoms with Crippen molar-refractivity contribution >= 4 is 24.7 Å². The molecule has 0 bridgehead atoms. The van der Waals surface area contributed by atoms with Gasteiger partial charge in [0.05, 0.1) is 0 Å². The first kappa shape index (κ1) is 142. The lowest BCUT2D eigenvalue weighted by Gasteiger charge is -2.27. The Balaban J connectivity index is -0.0000000619. The Morgan fingerprint density at radius 2 is 0.161 bits per heavy atom. The Kier molecular flexibility index (Phi) is 193. The van der Waals surface area contributed by atoms with E-state index >= 15 is 0 Å². The van der Waals surface area contributed by atoms with Crippen LogP contribution in [0, 0.1) is 5.41 Å². The summed E-state index contributed by atoms with van der Waals surface area (Å²) in [5.74, 6) is 0. The maximum Gasteiger partial charge on any atom is 0.170 e. The molecular formula is C107H186O2Si3. The van der Waals surface area contributed by atoms with Gasteiger partial charge in [-0.1, -0.05) is 620 Å². The van der Waals surface area contributed by atoms with E-state index in [1.165, 1.54) is 0 Å². The van der Waals surface area contributed by atoms with Gasteiger partial charge in [0.2, 0.25) is 0 Å². The molecule has 0 heterocycles. The Morgan fingerprint density at radius 3 is 0.170 bits per heavy atom. The van der Waals surface area contributed by atoms with Crippen LogP contribution in [0.25, 0.3) is 0 Å². The fourth-order valence-corrected chi connectivity index (χ4v) is 12.5. The number of hydrogen-bond acceptors (Lipinski definition) is 2. The van der Waals surface area contributed by atoms with Gasteiger partial charge in [0.15, 0.2) is 16.6 Å². The smallest absolute Gasteiger partial charge is 0.170 e. The summed E-state index contributed by atoms with van der Waals surface area (Å²) in [4.78, 5) is 0. The van der Waals surface area contributed by atoms with Gasteiger partial charge < -0.3 is 8.85 Å². The standard InChI is InChI=1S/C6H18OSi2.11C6H6.C5H12.C4H12Si.C2H6O.12C2H6/c1-8(2,3)7-9(4,5)6;11*1-2-4-6-5-3-1;2*1-5(2,3)4;1-3-2;12*1-2/h1-6H3;11*1-6H;2*1-4H3;1-2H3;12*1-2H3. The van der Waals surface area contributed by atoms with Crippen LogP contribution in [0.1, 0.15) is 194 Å². The quantitative estimate of drug-likeness (QED) is 0.161. The van der Waals surface area contributed by atoms with E-state index in [4.69, 9.17) is 4.12 Å². The third-order valence-electron chi connectivity index (χ3n) is 7.95. The van der Waals surface area contributed by atoms with Gasteiger partial charge >= 0.3 is 0 Å². The fourth-order valence-electron chi connectivity index (χ4n) is 5.15. The fraction of sp³-hybridized carbons (Fsp3) is 0.383. The highest BCUT2D eigenvalue weighted by molar-refractivity contribution is 6.83. The molecule has 0 amide bonds. The van der Waals surface area contributed by atoms with Gasteiger partial charge in [0, 0.05) is 22.3 Å². The molecule has 638 valence electrons. The van der Waals surface area contributed by atoms with E-state index in [-0.39, 0.29) is 0 Å². The lowest BCUT2D eigenvalue weighted by Crippen LogP contribution is -2.39. The summed E-state index contributed by atoms with van der Waals surface area (Å²) in [7, 11) is 0.177. The minimum absolute atomic E-state index is 0.500. The van der Waals surface area contributed by atoms with Gasteiger partial charge in [-0.3, -0.25) is 0 Å². The second-order valence-electron chi connectivity index (χ2n) is 23.4. The van der Waals surface area contributed by atoms with Gasteiger partial charge in [0.1, 0.15) is 0 Å². The summed E-state index contributed by atoms with van der Waals surface area (Å²) in [5, 5.41) is 0. The van der Waals surface area contributed by atoms with Gasteiger partial charge in [-0.15, -0.1) is 0 Å². The van der Waals surface area contributed by atoms with E-state index in [0.29, 0.717) is 5.41 Å². The van der Waals surface area contributed by atoms with Crippen molar-refractivity contribution in [2.24, 2.45) is 5.41 Å². The van der Waals surface area contributed by atoms with Crippen molar-refractivity contribution in [3.05, 3.63) is 400 Å². The first-order chi connectivity index (χ1) is 54.1. The van der Waals surface area contributed by atoms with Crippen LogP contribution in [0.4, 0.5) is 0 Å². The molecule has 0 N–H and O–H groups in total. The number of benzene rings is 11. The number of rotatable bonds is 2. The first-order valence-electron chi connectivity index (χ1n) is 42.2. The Morgan fingerprint density at radius 1 is 0.134 bits per heavy atom. The van der Waals surface area contributed by atoms with E-state index < -0.39 is 24.7 Å². The average molecular weight is 1590 g/mol. The molecule has 0 atom stereocenters. The molecule has 2 nitrogen and oxygen atoms in total. The van der Waals surface area contributed by atoms with Gasteiger partial charge in [0.25, 0.3) is 0 Å². The lowest BCUT2D eigenvalue weighted by molar-refractivity contribution is 0.277. The molecule has 0 aromatic heterocycles. The molecule has 0 saturated carbocycles. The molecule has 0 radical (unpaired) electrons. The summed E-state index contributed by atoms with van der Waals surface area (Å²) in [6.45, 7) is 79.5. The third-order valence-corrected chi connectivity index (χ3v) is 12.8. The first-order valence-corrected chi connectivity index (χ1v) is 53.0. The highest BCUT2D eigenvalue weighted by atomic mass is 28.4. The van der Waals surface area contributed by atoms with Crippen LogP contribution in [0.2, 0.25) is 65.5 Å². The molecule has 0 aliphatic rings. The van der Waals surface area contributed by atoms with Crippen molar-refractivity contribution in [3.63, 3.8) is 0 Å². The predicted molar refractivity (Wildman–Crippen MR) is 542 cm³/mol. The summed E-state index contributed by atoms with van der Waals surface area (Å²) >= 11 is 0. The molecule has 0 aliphatic heterocycles. The highest BCUT2D eigenvalue weighted by Gasteiger charge is 2.24. The van der Waals surface area contributed by atoms with Crippen molar-refractivity contribution in [2.75, 3.05) is 14.2 Å². The van der Waals surface area contributed by atoms with Crippen molar-refractivity contribution in [1.29, 1.82) is 0 Å². The summed E-state index contributed by atoms with van der Waals surface area (Å²) in [6.07, 6.45) is 0. The summed E-state index contributed by atoms with van der Waals surface area (Å²) in [6, 6.07) is 132. The van der Waals surface area contributed by atoms with Crippen LogP contribution in [-0.2, 0) is 8.85 Å². The van der Waals surface area contributed by atoms with Crippen molar-refractivity contribution in [1.82, 2.24) is 0 Å². The maximum absolute atomic E-state index is 5.90. The minimum Gasteiger partial charge on any atom is -0.456 e.